The first-order valence-electron chi connectivity index (χ1n) is 11.0. The quantitative estimate of drug-likeness (QED) is 0.230. The third-order valence-corrected chi connectivity index (χ3v) is 6.71. The van der Waals surface area contributed by atoms with Gasteiger partial charge in [-0.15, -0.1) is 6.58 Å². The van der Waals surface area contributed by atoms with Gasteiger partial charge in [0, 0.05) is 6.54 Å². The minimum atomic E-state index is -0.246. The van der Waals surface area contributed by atoms with Crippen molar-refractivity contribution in [3.8, 4) is 5.75 Å². The van der Waals surface area contributed by atoms with E-state index in [1.54, 1.807) is 21.6 Å². The van der Waals surface area contributed by atoms with Crippen molar-refractivity contribution in [2.24, 2.45) is 0 Å². The van der Waals surface area contributed by atoms with Crippen molar-refractivity contribution in [2.45, 2.75) is 17.7 Å². The normalized spacial score (nSPS) is 14.9. The summed E-state index contributed by atoms with van der Waals surface area (Å²) >= 11 is 1.26. The van der Waals surface area contributed by atoms with Gasteiger partial charge in [0.15, 0.2) is 5.16 Å². The molecule has 0 radical (unpaired) electrons. The molecule has 0 fully saturated rings. The van der Waals surface area contributed by atoms with Crippen LogP contribution in [0.3, 0.4) is 0 Å². The van der Waals surface area contributed by atoms with Crippen molar-refractivity contribution in [3.63, 3.8) is 0 Å². The van der Waals surface area contributed by atoms with Crippen LogP contribution in [0.1, 0.15) is 11.6 Å². The highest BCUT2D eigenvalue weighted by atomic mass is 32.2. The lowest BCUT2D eigenvalue weighted by atomic mass is 10.0. The summed E-state index contributed by atoms with van der Waals surface area (Å²) in [6.07, 6.45) is 1.66. The highest BCUT2D eigenvalue weighted by Crippen LogP contribution is 2.39. The summed E-state index contributed by atoms with van der Waals surface area (Å²) in [4.78, 5) is 33.2. The van der Waals surface area contributed by atoms with Gasteiger partial charge in [0.25, 0.3) is 5.56 Å². The van der Waals surface area contributed by atoms with Crippen LogP contribution < -0.4 is 15.2 Å². The summed E-state index contributed by atoms with van der Waals surface area (Å²) in [6, 6.07) is 24.4. The predicted octanol–water partition coefficient (Wildman–Crippen LogP) is 4.84. The van der Waals surface area contributed by atoms with Crippen molar-refractivity contribution in [2.75, 3.05) is 17.3 Å². The van der Waals surface area contributed by atoms with Crippen LogP contribution in [0.2, 0.25) is 0 Å². The number of anilines is 1. The van der Waals surface area contributed by atoms with Crippen LogP contribution in [-0.4, -0.2) is 27.8 Å². The van der Waals surface area contributed by atoms with Crippen LogP contribution in [0.4, 0.5) is 5.69 Å². The number of benzene rings is 3. The van der Waals surface area contributed by atoms with E-state index in [1.165, 1.54) is 11.8 Å². The summed E-state index contributed by atoms with van der Waals surface area (Å²) in [5.41, 5.74) is 2.21. The second-order valence-corrected chi connectivity index (χ2v) is 8.82. The Morgan fingerprint density at radius 3 is 2.62 bits per heavy atom. The number of nitrogens with zero attached hydrogens (tertiary/aromatic N) is 3. The maximum absolute atomic E-state index is 13.6. The van der Waals surface area contributed by atoms with E-state index in [9.17, 15) is 9.59 Å². The molecule has 1 unspecified atom stereocenters. The zero-order valence-electron chi connectivity index (χ0n) is 18.5. The molecule has 0 saturated carbocycles. The monoisotopic (exact) mass is 469 g/mol. The Morgan fingerprint density at radius 1 is 1.06 bits per heavy atom. The number of carbonyl (C=O) groups is 1. The lowest BCUT2D eigenvalue weighted by molar-refractivity contribution is -0.117. The first-order chi connectivity index (χ1) is 16.7. The number of aromatic nitrogens is 2. The Kier molecular flexibility index (Phi) is 6.18. The lowest BCUT2D eigenvalue weighted by Crippen LogP contribution is -2.42. The van der Waals surface area contributed by atoms with E-state index in [0.717, 1.165) is 11.3 Å². The van der Waals surface area contributed by atoms with Gasteiger partial charge in [0.2, 0.25) is 5.91 Å². The van der Waals surface area contributed by atoms with Gasteiger partial charge >= 0.3 is 0 Å². The summed E-state index contributed by atoms with van der Waals surface area (Å²) < 4.78 is 7.54. The Balaban J connectivity index is 1.48. The summed E-state index contributed by atoms with van der Waals surface area (Å²) in [5.74, 6) is 0.724. The van der Waals surface area contributed by atoms with Crippen molar-refractivity contribution in [1.29, 1.82) is 0 Å². The highest BCUT2D eigenvalue weighted by molar-refractivity contribution is 7.99. The molecule has 0 saturated heterocycles. The van der Waals surface area contributed by atoms with Crippen LogP contribution in [0.25, 0.3) is 10.9 Å². The summed E-state index contributed by atoms with van der Waals surface area (Å²) in [5, 5.41) is 1.04. The molecule has 0 N–H and O–H groups in total. The summed E-state index contributed by atoms with van der Waals surface area (Å²) in [7, 11) is 0. The van der Waals surface area contributed by atoms with Crippen molar-refractivity contribution in [1.82, 2.24) is 9.55 Å². The van der Waals surface area contributed by atoms with E-state index in [0.29, 0.717) is 35.0 Å². The zero-order valence-corrected chi connectivity index (χ0v) is 19.3. The second kappa shape index (κ2) is 9.57. The van der Waals surface area contributed by atoms with E-state index in [4.69, 9.17) is 4.74 Å². The zero-order chi connectivity index (χ0) is 23.5. The number of hydrogen-bond acceptors (Lipinski definition) is 5. The van der Waals surface area contributed by atoms with E-state index < -0.39 is 0 Å². The molecular weight excluding hydrogens is 446 g/mol. The van der Waals surface area contributed by atoms with Gasteiger partial charge in [-0.1, -0.05) is 72.4 Å². The number of allylic oxidation sites excluding steroid dienone is 1. The van der Waals surface area contributed by atoms with E-state index in [-0.39, 0.29) is 23.3 Å². The van der Waals surface area contributed by atoms with E-state index in [1.807, 2.05) is 72.8 Å². The SMILES string of the molecule is C=CCn1c(SCC(=O)N2c3ccccc3OCC2c2ccccc2)nc2ccccc2c1=O. The van der Waals surface area contributed by atoms with Crippen molar-refractivity contribution < 1.29 is 9.53 Å². The third kappa shape index (κ3) is 4.10. The molecule has 0 aliphatic carbocycles. The fourth-order valence-corrected chi connectivity index (χ4v) is 5.03. The van der Waals surface area contributed by atoms with Crippen LogP contribution in [0.5, 0.6) is 5.75 Å². The molecule has 3 aromatic carbocycles. The summed E-state index contributed by atoms with van der Waals surface area (Å²) in [6.45, 7) is 4.46. The number of carbonyl (C=O) groups excluding carboxylic acids is 1. The number of para-hydroxylation sites is 3. The van der Waals surface area contributed by atoms with E-state index in [2.05, 4.69) is 11.6 Å². The first-order valence-corrected chi connectivity index (χ1v) is 12.0. The topological polar surface area (TPSA) is 64.4 Å². The molecule has 5 rings (SSSR count). The molecule has 0 spiro atoms. The third-order valence-electron chi connectivity index (χ3n) is 5.75. The molecule has 2 heterocycles. The molecule has 4 aromatic rings. The smallest absolute Gasteiger partial charge is 0.262 e. The highest BCUT2D eigenvalue weighted by Gasteiger charge is 2.33. The van der Waals surface area contributed by atoms with Gasteiger partial charge in [0.05, 0.1) is 28.4 Å². The fraction of sp³-hybridized carbons (Fsp3) is 0.148. The van der Waals surface area contributed by atoms with E-state index >= 15 is 0 Å². The van der Waals surface area contributed by atoms with Gasteiger partial charge in [-0.2, -0.15) is 0 Å². The average molecular weight is 470 g/mol. The maximum Gasteiger partial charge on any atom is 0.262 e. The molecule has 6 nitrogen and oxygen atoms in total. The molecule has 1 aliphatic heterocycles. The largest absolute Gasteiger partial charge is 0.489 e. The van der Waals surface area contributed by atoms with Gasteiger partial charge in [-0.3, -0.25) is 19.1 Å². The van der Waals surface area contributed by atoms with Crippen molar-refractivity contribution in [3.05, 3.63) is 107 Å². The number of rotatable bonds is 6. The minimum Gasteiger partial charge on any atom is -0.489 e. The average Bonchev–Trinajstić information content (AvgIpc) is 2.89. The molecule has 1 amide bonds. The second-order valence-electron chi connectivity index (χ2n) is 7.87. The van der Waals surface area contributed by atoms with Gasteiger partial charge in [-0.25, -0.2) is 4.98 Å². The Labute approximate surface area is 201 Å². The van der Waals surface area contributed by atoms with Gasteiger partial charge in [0.1, 0.15) is 12.4 Å². The molecule has 1 atom stereocenters. The molecule has 0 bridgehead atoms. The Bertz CT molecular complexity index is 1420. The minimum absolute atomic E-state index is 0.0813. The van der Waals surface area contributed by atoms with Crippen LogP contribution in [-0.2, 0) is 11.3 Å². The standard InChI is InChI=1S/C27H23N3O3S/c1-2-16-29-26(32)20-12-6-7-13-21(20)28-27(29)34-18-25(31)30-22-14-8-9-15-24(22)33-17-23(30)19-10-4-3-5-11-19/h2-15,23H,1,16-18H2. The number of thioether (sulfide) groups is 1. The maximum atomic E-state index is 13.6. The fourth-order valence-electron chi connectivity index (χ4n) is 4.16. The lowest BCUT2D eigenvalue weighted by Gasteiger charge is -2.37. The van der Waals surface area contributed by atoms with Crippen LogP contribution in [0.15, 0.2) is 101 Å². The number of fused-ring (bicyclic) bond motifs is 2. The molecular formula is C27H23N3O3S. The number of amides is 1. The first kappa shape index (κ1) is 22.0. The Hall–Kier alpha value is -3.84. The Morgan fingerprint density at radius 2 is 1.79 bits per heavy atom. The van der Waals surface area contributed by atoms with Crippen LogP contribution >= 0.6 is 11.8 Å². The van der Waals surface area contributed by atoms with Gasteiger partial charge in [-0.05, 0) is 29.8 Å². The predicted molar refractivity (Wildman–Crippen MR) is 136 cm³/mol. The molecule has 170 valence electrons. The molecule has 1 aromatic heterocycles. The molecule has 34 heavy (non-hydrogen) atoms. The van der Waals surface area contributed by atoms with Gasteiger partial charge < -0.3 is 4.74 Å². The van der Waals surface area contributed by atoms with Crippen molar-refractivity contribution >= 4 is 34.3 Å². The number of ether oxygens (including phenoxy) is 1. The molecule has 7 heteroatoms. The number of hydrogen-bond donors (Lipinski definition) is 0. The van der Waals surface area contributed by atoms with Crippen LogP contribution in [0, 0.1) is 0 Å². The molecule has 1 aliphatic rings.